The summed E-state index contributed by atoms with van der Waals surface area (Å²) in [4.78, 5) is 17.7. The van der Waals surface area contributed by atoms with Gasteiger partial charge in [0.1, 0.15) is 0 Å². The van der Waals surface area contributed by atoms with Crippen molar-refractivity contribution in [1.82, 2.24) is 10.6 Å². The van der Waals surface area contributed by atoms with Gasteiger partial charge in [0.2, 0.25) is 0 Å². The van der Waals surface area contributed by atoms with E-state index in [0.717, 1.165) is 5.71 Å². The van der Waals surface area contributed by atoms with E-state index in [1.807, 2.05) is 24.4 Å². The zero-order valence-corrected chi connectivity index (χ0v) is 26.5. The van der Waals surface area contributed by atoms with Crippen molar-refractivity contribution in [3.8, 4) is 11.5 Å². The van der Waals surface area contributed by atoms with Gasteiger partial charge < -0.3 is 0 Å². The number of hydrogen-bond donors (Lipinski definition) is 5. The summed E-state index contributed by atoms with van der Waals surface area (Å²) >= 11 is -2.60. The second-order valence-electron chi connectivity index (χ2n) is 8.95. The van der Waals surface area contributed by atoms with Crippen LogP contribution < -0.4 is 25.8 Å². The van der Waals surface area contributed by atoms with Gasteiger partial charge in [0, 0.05) is 0 Å². The third-order valence-corrected chi connectivity index (χ3v) is 13.0. The van der Waals surface area contributed by atoms with Crippen LogP contribution in [0.25, 0.3) is 0 Å². The topological polar surface area (TPSA) is 154 Å². The van der Waals surface area contributed by atoms with Gasteiger partial charge in [0.25, 0.3) is 0 Å². The van der Waals surface area contributed by atoms with Gasteiger partial charge in [-0.1, -0.05) is 0 Å². The second kappa shape index (κ2) is 14.4. The number of allylic oxidation sites excluding steroid dienone is 1. The van der Waals surface area contributed by atoms with Crippen molar-refractivity contribution < 1.29 is 23.8 Å². The first-order valence-corrected chi connectivity index (χ1v) is 18.7. The van der Waals surface area contributed by atoms with Gasteiger partial charge in [-0.05, 0) is 0 Å². The van der Waals surface area contributed by atoms with Crippen LogP contribution in [0.3, 0.4) is 0 Å². The Balaban J connectivity index is 1.64. The molecule has 216 valence electrons. The van der Waals surface area contributed by atoms with Crippen molar-refractivity contribution in [3.05, 3.63) is 59.6 Å². The number of carbonyl (C=O) groups is 1. The summed E-state index contributed by atoms with van der Waals surface area (Å²) < 4.78 is 34.7. The van der Waals surface area contributed by atoms with E-state index >= 15 is 4.39 Å². The van der Waals surface area contributed by atoms with E-state index < -0.39 is 32.0 Å². The van der Waals surface area contributed by atoms with Gasteiger partial charge in [0.15, 0.2) is 0 Å². The maximum absolute atomic E-state index is 15.9. The summed E-state index contributed by atoms with van der Waals surface area (Å²) in [5.74, 6) is -0.00300. The molecule has 10 nitrogen and oxygen atoms in total. The zero-order valence-electron chi connectivity index (χ0n) is 22.2. The van der Waals surface area contributed by atoms with E-state index in [4.69, 9.17) is 23.8 Å². The molecule has 3 unspecified atom stereocenters. The molecule has 0 bridgehead atoms. The normalized spacial score (nSPS) is 21.9. The van der Waals surface area contributed by atoms with E-state index in [1.54, 1.807) is 12.1 Å². The molecule has 0 fully saturated rings. The van der Waals surface area contributed by atoms with Crippen LogP contribution in [0.2, 0.25) is 0 Å². The minimum atomic E-state index is -2.48. The molecule has 2 aliphatic heterocycles. The zero-order chi connectivity index (χ0) is 28.6. The number of alkyl halides is 2. The average Bonchev–Trinajstić information content (AvgIpc) is 3.19. The van der Waals surface area contributed by atoms with Crippen LogP contribution >= 0.6 is 40.8 Å². The Hall–Kier alpha value is -2.50. The van der Waals surface area contributed by atoms with Crippen molar-refractivity contribution in [1.29, 1.82) is 5.41 Å². The van der Waals surface area contributed by atoms with Gasteiger partial charge in [-0.3, -0.25) is 0 Å². The molecule has 40 heavy (non-hydrogen) atoms. The summed E-state index contributed by atoms with van der Waals surface area (Å²) in [6.45, 7) is 1.81. The number of benzene rings is 1. The first-order valence-electron chi connectivity index (χ1n) is 12.6. The summed E-state index contributed by atoms with van der Waals surface area (Å²) in [6.07, 6.45) is 10.5. The number of amides is 1. The Morgan fingerprint density at radius 2 is 2.27 bits per heavy atom. The molecule has 3 atom stereocenters. The molecular formula is C27H33FI2N6O4. The standard InChI is InChI=1S/C27H33FI2N6O4/c1-16-21(33-11-3-9-29-16)8-10-30-27(38)35-26(36-30)24(34-18-6-4-17(5-7-18)25(31)32)20-14-19(39-2)15-22(23(20)28)40-13-12-37/h3-6,9,11,14-16,18,24,34,37H,7-8,10,12-13H2,1-2H3,(H3,31,32)(H,35,36,38). The number of aliphatic hydroxyl groups is 1. The molecule has 4 rings (SSSR count). The molecule has 6 N–H and O–H groups in total. The number of aliphatic hydroxyl groups excluding tert-OH is 1. The van der Waals surface area contributed by atoms with Crippen LogP contribution in [0.4, 0.5) is 9.18 Å². The van der Waals surface area contributed by atoms with Crippen molar-refractivity contribution in [3.63, 3.8) is 0 Å². The SMILES string of the molecule is COc1cc(OCCO)c(F)c(C(NC2C=CC(C(=N)N)=CC2)C2=NI(CCC3=NC=CC=IC3C)C(=O)N2)c1. The Kier molecular flexibility index (Phi) is 11.0. The van der Waals surface area contributed by atoms with Gasteiger partial charge >= 0.3 is 251 Å². The average molecular weight is 778 g/mol. The van der Waals surface area contributed by atoms with Crippen molar-refractivity contribution in [2.75, 3.05) is 24.8 Å². The molecule has 3 aliphatic rings. The van der Waals surface area contributed by atoms with Crippen LogP contribution in [0.5, 0.6) is 11.5 Å². The first kappa shape index (κ1) is 30.5. The number of halogens is 3. The number of methoxy groups -OCH3 is 1. The number of aliphatic imine (C=N–C) groups is 1. The van der Waals surface area contributed by atoms with E-state index in [0.29, 0.717) is 38.4 Å². The summed E-state index contributed by atoms with van der Waals surface area (Å²) in [5, 5.41) is 23.2. The fourth-order valence-electron chi connectivity index (χ4n) is 4.18. The molecular weight excluding hydrogens is 745 g/mol. The number of rotatable bonds is 12. The van der Waals surface area contributed by atoms with Crippen LogP contribution in [0.1, 0.15) is 31.4 Å². The van der Waals surface area contributed by atoms with Crippen molar-refractivity contribution in [2.24, 2.45) is 13.9 Å². The van der Waals surface area contributed by atoms with Crippen LogP contribution in [-0.2, 0) is 0 Å². The molecule has 1 aromatic carbocycles. The molecule has 1 amide bonds. The van der Waals surface area contributed by atoms with Gasteiger partial charge in [-0.15, -0.1) is 0 Å². The first-order chi connectivity index (χ1) is 19.3. The van der Waals surface area contributed by atoms with E-state index in [-0.39, 0.29) is 61.0 Å². The molecule has 13 heteroatoms. The Morgan fingerprint density at radius 3 is 2.98 bits per heavy atom. The number of nitrogens with one attached hydrogen (secondary N) is 3. The minimum absolute atomic E-state index is 0.0270. The molecule has 2 heterocycles. The third kappa shape index (κ3) is 7.61. The van der Waals surface area contributed by atoms with Gasteiger partial charge in [-0.2, -0.15) is 0 Å². The third-order valence-electron chi connectivity index (χ3n) is 6.27. The van der Waals surface area contributed by atoms with Crippen molar-refractivity contribution >= 4 is 66.1 Å². The van der Waals surface area contributed by atoms with Crippen LogP contribution in [0, 0.1) is 11.2 Å². The summed E-state index contributed by atoms with van der Waals surface area (Å²) in [6, 6.07) is 1.93. The summed E-state index contributed by atoms with van der Waals surface area (Å²) in [5.41, 5.74) is 7.54. The van der Waals surface area contributed by atoms with Crippen LogP contribution in [-0.4, -0.2) is 65.1 Å². The number of amidine groups is 2. The van der Waals surface area contributed by atoms with Gasteiger partial charge in [-0.25, -0.2) is 0 Å². The monoisotopic (exact) mass is 778 g/mol. The Morgan fingerprint density at radius 1 is 1.45 bits per heavy atom. The molecule has 0 spiro atoms. The number of ether oxygens (including phenoxy) is 2. The van der Waals surface area contributed by atoms with Crippen LogP contribution in [0.15, 0.2) is 56.4 Å². The van der Waals surface area contributed by atoms with E-state index in [1.165, 1.54) is 13.2 Å². The predicted molar refractivity (Wildman–Crippen MR) is 175 cm³/mol. The predicted octanol–water partition coefficient (Wildman–Crippen LogP) is 4.09. The second-order valence-corrected chi connectivity index (χ2v) is 16.7. The quantitative estimate of drug-likeness (QED) is 0.0539. The van der Waals surface area contributed by atoms with E-state index in [2.05, 4.69) is 26.6 Å². The number of nitrogens with zero attached hydrogens (tertiary/aromatic N) is 2. The fraction of sp³-hybridized carbons (Fsp3) is 0.370. The summed E-state index contributed by atoms with van der Waals surface area (Å²) in [7, 11) is 1.47. The maximum atomic E-state index is 15.9. The molecule has 0 saturated heterocycles. The van der Waals surface area contributed by atoms with E-state index in [9.17, 15) is 9.90 Å². The number of nitrogens with two attached hydrogens (primary N) is 1. The van der Waals surface area contributed by atoms with Crippen molar-refractivity contribution in [2.45, 2.75) is 35.8 Å². The Labute approximate surface area is 250 Å². The molecule has 0 radical (unpaired) electrons. The molecule has 0 saturated carbocycles. The van der Waals surface area contributed by atoms with Gasteiger partial charge in [0.05, 0.1) is 0 Å². The molecule has 0 aromatic heterocycles. The Bertz CT molecular complexity index is 1330. The fourth-order valence-corrected chi connectivity index (χ4v) is 9.74. The number of carbonyl (C=O) groups excluding carboxylic acids is 1. The molecule has 1 aromatic rings. The number of hydrogen-bond acceptors (Lipinski definition) is 8. The molecule has 1 aliphatic carbocycles.